The molecular formula is C15H8O3. The van der Waals surface area contributed by atoms with Gasteiger partial charge in [0, 0.05) is 16.2 Å². The van der Waals surface area contributed by atoms with Crippen LogP contribution in [0, 0.1) is 0 Å². The van der Waals surface area contributed by atoms with Crippen molar-refractivity contribution in [1.29, 1.82) is 0 Å². The maximum absolute atomic E-state index is 11.4. The lowest BCUT2D eigenvalue weighted by Gasteiger charge is -1.96. The Labute approximate surface area is 102 Å². The molecular weight excluding hydrogens is 228 g/mol. The van der Waals surface area contributed by atoms with Crippen molar-refractivity contribution in [3.8, 4) is 0 Å². The molecule has 0 aliphatic carbocycles. The van der Waals surface area contributed by atoms with E-state index in [-0.39, 0.29) is 0 Å². The van der Waals surface area contributed by atoms with E-state index < -0.39 is 0 Å². The van der Waals surface area contributed by atoms with Crippen LogP contribution >= 0.6 is 0 Å². The summed E-state index contributed by atoms with van der Waals surface area (Å²) in [5.74, 6) is 0. The fraction of sp³-hybridized carbons (Fsp3) is 0. The maximum Gasteiger partial charge on any atom is 0.154 e. The monoisotopic (exact) mass is 236 g/mol. The van der Waals surface area contributed by atoms with Crippen LogP contribution in [0.2, 0.25) is 0 Å². The lowest BCUT2D eigenvalue weighted by Crippen LogP contribution is -1.82. The number of rotatable bonds is 1. The zero-order chi connectivity index (χ0) is 12.1. The van der Waals surface area contributed by atoms with Gasteiger partial charge in [0.2, 0.25) is 0 Å². The topological polar surface area (TPSA) is 43.4 Å². The first-order valence-corrected chi connectivity index (χ1v) is 5.65. The van der Waals surface area contributed by atoms with Gasteiger partial charge in [-0.1, -0.05) is 18.2 Å². The van der Waals surface area contributed by atoms with Crippen molar-refractivity contribution in [2.24, 2.45) is 0 Å². The number of carbonyl (C=O) groups excluding carboxylic acids is 1. The fourth-order valence-electron chi connectivity index (χ4n) is 2.46. The molecule has 0 unspecified atom stereocenters. The Hall–Kier alpha value is -2.55. The molecule has 0 saturated carbocycles. The molecule has 2 aromatic heterocycles. The third-order valence-corrected chi connectivity index (χ3v) is 3.24. The molecule has 3 nitrogen and oxygen atoms in total. The Morgan fingerprint density at radius 1 is 1.06 bits per heavy atom. The Bertz CT molecular complexity index is 896. The van der Waals surface area contributed by atoms with Crippen LogP contribution in [0.1, 0.15) is 10.4 Å². The third-order valence-electron chi connectivity index (χ3n) is 3.24. The Kier molecular flexibility index (Phi) is 1.70. The van der Waals surface area contributed by atoms with E-state index in [0.29, 0.717) is 16.7 Å². The van der Waals surface area contributed by atoms with Crippen molar-refractivity contribution in [1.82, 2.24) is 0 Å². The summed E-state index contributed by atoms with van der Waals surface area (Å²) in [6.45, 7) is 0. The Morgan fingerprint density at radius 2 is 1.94 bits per heavy atom. The van der Waals surface area contributed by atoms with Gasteiger partial charge in [0.25, 0.3) is 0 Å². The molecule has 0 N–H and O–H groups in total. The number of fused-ring (bicyclic) bond motifs is 4. The summed E-state index contributed by atoms with van der Waals surface area (Å²) in [4.78, 5) is 11.4. The molecule has 0 atom stereocenters. The summed E-state index contributed by atoms with van der Waals surface area (Å²) in [7, 11) is 0. The van der Waals surface area contributed by atoms with E-state index in [1.807, 2.05) is 36.4 Å². The van der Waals surface area contributed by atoms with Crippen LogP contribution in [0.4, 0.5) is 0 Å². The first-order chi connectivity index (χ1) is 8.88. The van der Waals surface area contributed by atoms with Gasteiger partial charge in [-0.05, 0) is 18.2 Å². The van der Waals surface area contributed by atoms with Crippen LogP contribution in [-0.4, -0.2) is 6.29 Å². The van der Waals surface area contributed by atoms with E-state index in [1.54, 1.807) is 6.26 Å². The minimum Gasteiger partial charge on any atom is -0.464 e. The first kappa shape index (κ1) is 9.48. The molecule has 2 heterocycles. The van der Waals surface area contributed by atoms with Gasteiger partial charge in [0.1, 0.15) is 16.7 Å². The molecule has 0 bridgehead atoms. The van der Waals surface area contributed by atoms with E-state index in [2.05, 4.69) is 0 Å². The molecule has 0 fully saturated rings. The predicted molar refractivity (Wildman–Crippen MR) is 68.9 cm³/mol. The Balaban J connectivity index is 2.38. The average Bonchev–Trinajstić information content (AvgIpc) is 2.99. The second kappa shape index (κ2) is 3.23. The van der Waals surface area contributed by atoms with Gasteiger partial charge in [0.15, 0.2) is 6.29 Å². The fourth-order valence-corrected chi connectivity index (χ4v) is 2.46. The van der Waals surface area contributed by atoms with Crippen LogP contribution in [0.5, 0.6) is 0 Å². The van der Waals surface area contributed by atoms with Gasteiger partial charge < -0.3 is 8.83 Å². The molecule has 0 aliphatic heterocycles. The highest BCUT2D eigenvalue weighted by atomic mass is 16.3. The second-order valence-corrected chi connectivity index (χ2v) is 4.22. The zero-order valence-corrected chi connectivity index (χ0v) is 9.34. The first-order valence-electron chi connectivity index (χ1n) is 5.65. The summed E-state index contributed by atoms with van der Waals surface area (Å²) in [5.41, 5.74) is 2.66. The lowest BCUT2D eigenvalue weighted by atomic mass is 10.0. The number of hydrogen-bond donors (Lipinski definition) is 0. The average molecular weight is 236 g/mol. The molecule has 0 radical (unpaired) electrons. The van der Waals surface area contributed by atoms with Gasteiger partial charge in [-0.15, -0.1) is 0 Å². The highest BCUT2D eigenvalue weighted by Crippen LogP contribution is 2.35. The van der Waals surface area contributed by atoms with E-state index in [0.717, 1.165) is 28.0 Å². The van der Waals surface area contributed by atoms with Crippen molar-refractivity contribution in [2.75, 3.05) is 0 Å². The third kappa shape index (κ3) is 1.06. The minimum atomic E-state index is 0.553. The SMILES string of the molecule is O=Cc1c2occc2cc2oc3ccccc3c12. The zero-order valence-electron chi connectivity index (χ0n) is 9.34. The number of aldehydes is 1. The van der Waals surface area contributed by atoms with E-state index >= 15 is 0 Å². The van der Waals surface area contributed by atoms with Crippen LogP contribution in [-0.2, 0) is 0 Å². The molecule has 2 aromatic carbocycles. The van der Waals surface area contributed by atoms with Crippen LogP contribution < -0.4 is 0 Å². The largest absolute Gasteiger partial charge is 0.464 e. The second-order valence-electron chi connectivity index (χ2n) is 4.22. The van der Waals surface area contributed by atoms with Gasteiger partial charge in [-0.3, -0.25) is 4.79 Å². The molecule has 0 aliphatic rings. The molecule has 3 heteroatoms. The van der Waals surface area contributed by atoms with Crippen molar-refractivity contribution in [3.05, 3.63) is 48.2 Å². The number of furan rings is 2. The molecule has 86 valence electrons. The highest BCUT2D eigenvalue weighted by molar-refractivity contribution is 6.18. The highest BCUT2D eigenvalue weighted by Gasteiger charge is 2.15. The molecule has 4 rings (SSSR count). The van der Waals surface area contributed by atoms with E-state index in [9.17, 15) is 4.79 Å². The molecule has 0 spiro atoms. The number of hydrogen-bond acceptors (Lipinski definition) is 3. The lowest BCUT2D eigenvalue weighted by molar-refractivity contribution is 0.112. The molecule has 18 heavy (non-hydrogen) atoms. The van der Waals surface area contributed by atoms with Gasteiger partial charge in [-0.25, -0.2) is 0 Å². The van der Waals surface area contributed by atoms with E-state index in [1.165, 1.54) is 0 Å². The standard InChI is InChI=1S/C15H8O3/c16-8-11-14-10-3-1-2-4-12(10)18-13(14)7-9-5-6-17-15(9)11/h1-8H. The van der Waals surface area contributed by atoms with Crippen molar-refractivity contribution < 1.29 is 13.6 Å². The summed E-state index contributed by atoms with van der Waals surface area (Å²) in [6, 6.07) is 11.4. The number of para-hydroxylation sites is 1. The summed E-state index contributed by atoms with van der Waals surface area (Å²) in [5, 5.41) is 2.64. The van der Waals surface area contributed by atoms with Crippen molar-refractivity contribution in [2.45, 2.75) is 0 Å². The number of carbonyl (C=O) groups is 1. The van der Waals surface area contributed by atoms with Crippen LogP contribution in [0.3, 0.4) is 0 Å². The normalized spacial score (nSPS) is 11.6. The van der Waals surface area contributed by atoms with Gasteiger partial charge in [0.05, 0.1) is 11.8 Å². The van der Waals surface area contributed by atoms with Crippen molar-refractivity contribution in [3.63, 3.8) is 0 Å². The molecule has 0 saturated heterocycles. The number of benzene rings is 2. The quantitative estimate of drug-likeness (QED) is 0.466. The van der Waals surface area contributed by atoms with Gasteiger partial charge >= 0.3 is 0 Å². The summed E-state index contributed by atoms with van der Waals surface area (Å²) < 4.78 is 11.2. The molecule has 0 amide bonds. The van der Waals surface area contributed by atoms with Crippen LogP contribution in [0.25, 0.3) is 32.9 Å². The van der Waals surface area contributed by atoms with E-state index in [4.69, 9.17) is 8.83 Å². The predicted octanol–water partition coefficient (Wildman–Crippen LogP) is 4.14. The van der Waals surface area contributed by atoms with Crippen LogP contribution in [0.15, 0.2) is 51.5 Å². The summed E-state index contributed by atoms with van der Waals surface area (Å²) >= 11 is 0. The summed E-state index contributed by atoms with van der Waals surface area (Å²) in [6.07, 6.45) is 2.41. The smallest absolute Gasteiger partial charge is 0.154 e. The van der Waals surface area contributed by atoms with Gasteiger partial charge in [-0.2, -0.15) is 0 Å². The molecule has 4 aromatic rings. The Morgan fingerprint density at radius 3 is 2.83 bits per heavy atom. The van der Waals surface area contributed by atoms with Crippen molar-refractivity contribution >= 4 is 39.2 Å². The minimum absolute atomic E-state index is 0.553. The maximum atomic E-state index is 11.4.